The van der Waals surface area contributed by atoms with Crippen LogP contribution < -0.4 is 14.7 Å². The molecule has 0 aliphatic rings. The lowest BCUT2D eigenvalue weighted by molar-refractivity contribution is -0.0964. The molecule has 0 amide bonds. The van der Waals surface area contributed by atoms with Gasteiger partial charge in [-0.3, -0.25) is 0 Å². The standard InChI is InChI=1S/C22H17Cl2F2N3O3S3.BrH/c23-20-10-9-19(34-20)18-13-33-21(28-15-3-5-16(6-4-15)32-22(24,25)26)29(18)12-11-14-1-7-17(8-2-14)35(27,30)31;/h1-10,13H,11-12H2,(H2,27,30,31);1H. The molecule has 2 aromatic carbocycles. The lowest BCUT2D eigenvalue weighted by Gasteiger charge is -2.10. The average molecular weight is 657 g/mol. The molecule has 0 aliphatic carbocycles. The molecule has 6 nitrogen and oxygen atoms in total. The monoisotopic (exact) mass is 655 g/mol. The van der Waals surface area contributed by atoms with E-state index < -0.39 is 15.6 Å². The highest BCUT2D eigenvalue weighted by molar-refractivity contribution is 8.93. The molecule has 0 saturated heterocycles. The van der Waals surface area contributed by atoms with Gasteiger partial charge in [-0.25, -0.2) is 18.5 Å². The summed E-state index contributed by atoms with van der Waals surface area (Å²) >= 11 is 13.8. The molecule has 0 unspecified atom stereocenters. The zero-order chi connectivity index (χ0) is 25.2. The van der Waals surface area contributed by atoms with Gasteiger partial charge >= 0.3 is 5.57 Å². The molecule has 0 atom stereocenters. The smallest absolute Gasteiger partial charge is 0.420 e. The van der Waals surface area contributed by atoms with Gasteiger partial charge in [0.05, 0.1) is 25.5 Å². The third kappa shape index (κ3) is 7.60. The first-order valence-electron chi connectivity index (χ1n) is 9.94. The minimum atomic E-state index is -3.79. The van der Waals surface area contributed by atoms with Gasteiger partial charge in [0.1, 0.15) is 5.75 Å². The number of hydrogen-bond acceptors (Lipinski definition) is 6. The molecule has 0 bridgehead atoms. The normalized spacial score (nSPS) is 12.4. The van der Waals surface area contributed by atoms with Crippen LogP contribution >= 0.6 is 62.9 Å². The Balaban J connectivity index is 0.00000361. The Morgan fingerprint density at radius 1 is 1.06 bits per heavy atom. The number of halogens is 5. The first-order valence-corrected chi connectivity index (χ1v) is 13.9. The maximum atomic E-state index is 12.9. The quantitative estimate of drug-likeness (QED) is 0.212. The van der Waals surface area contributed by atoms with E-state index in [1.54, 1.807) is 24.3 Å². The number of nitrogens with two attached hydrogens (primary N) is 1. The summed E-state index contributed by atoms with van der Waals surface area (Å²) in [6.07, 6.45) is 0.596. The van der Waals surface area contributed by atoms with Crippen LogP contribution in [0.1, 0.15) is 5.56 Å². The lowest BCUT2D eigenvalue weighted by atomic mass is 10.1. The number of hydrogen-bond donors (Lipinski definition) is 1. The number of thiophene rings is 1. The van der Waals surface area contributed by atoms with E-state index in [1.165, 1.54) is 46.9 Å². The van der Waals surface area contributed by atoms with Crippen LogP contribution in [-0.4, -0.2) is 18.6 Å². The van der Waals surface area contributed by atoms with Gasteiger partial charge in [0.15, 0.2) is 4.80 Å². The Morgan fingerprint density at radius 2 is 1.72 bits per heavy atom. The minimum Gasteiger partial charge on any atom is -0.420 e. The Hall–Kier alpha value is -1.80. The van der Waals surface area contributed by atoms with Gasteiger partial charge < -0.3 is 9.30 Å². The SMILES string of the molecule is Br.NS(=O)(=O)c1ccc(CCn2c(-c3ccc(Cl)s3)csc2=Nc2ccc(OC(F)(F)Cl)cc2)cc1. The highest BCUT2D eigenvalue weighted by Gasteiger charge is 2.27. The molecule has 2 heterocycles. The topological polar surface area (TPSA) is 86.7 Å². The predicted octanol–water partition coefficient (Wildman–Crippen LogP) is 6.80. The zero-order valence-electron chi connectivity index (χ0n) is 18.1. The van der Waals surface area contributed by atoms with Crippen molar-refractivity contribution in [1.29, 1.82) is 0 Å². The maximum Gasteiger partial charge on any atom is 0.487 e. The Labute approximate surface area is 234 Å². The summed E-state index contributed by atoms with van der Waals surface area (Å²) in [6.45, 7) is 0.543. The molecular weight excluding hydrogens is 639 g/mol. The molecule has 0 spiro atoms. The Kier molecular flexibility index (Phi) is 9.36. The van der Waals surface area contributed by atoms with Crippen molar-refractivity contribution in [2.45, 2.75) is 23.4 Å². The molecule has 0 fully saturated rings. The van der Waals surface area contributed by atoms with Gasteiger partial charge in [-0.15, -0.1) is 48.4 Å². The molecule has 0 radical (unpaired) electrons. The van der Waals surface area contributed by atoms with Crippen LogP contribution in [0.5, 0.6) is 5.75 Å². The van der Waals surface area contributed by atoms with Crippen molar-refractivity contribution in [3.8, 4) is 16.3 Å². The van der Waals surface area contributed by atoms with Gasteiger partial charge in [-0.1, -0.05) is 23.7 Å². The number of thiazole rings is 1. The van der Waals surface area contributed by atoms with E-state index in [2.05, 4.69) is 9.73 Å². The van der Waals surface area contributed by atoms with Crippen molar-refractivity contribution in [3.63, 3.8) is 0 Å². The fraction of sp³-hybridized carbons (Fsp3) is 0.136. The number of benzene rings is 2. The van der Waals surface area contributed by atoms with Gasteiger partial charge in [0.2, 0.25) is 10.0 Å². The van der Waals surface area contributed by atoms with E-state index in [9.17, 15) is 17.2 Å². The van der Waals surface area contributed by atoms with E-state index in [0.717, 1.165) is 16.1 Å². The van der Waals surface area contributed by atoms with Crippen LogP contribution in [0.4, 0.5) is 14.5 Å². The molecule has 2 aromatic heterocycles. The first kappa shape index (κ1) is 28.8. The number of sulfonamides is 1. The number of nitrogens with zero attached hydrogens (tertiary/aromatic N) is 2. The number of rotatable bonds is 8. The second-order valence-corrected chi connectivity index (χ2v) is 11.8. The van der Waals surface area contributed by atoms with Crippen LogP contribution in [0.2, 0.25) is 4.34 Å². The van der Waals surface area contributed by atoms with Crippen molar-refractivity contribution < 1.29 is 21.9 Å². The van der Waals surface area contributed by atoms with E-state index in [0.29, 0.717) is 27.8 Å². The number of aryl methyl sites for hydroxylation is 1. The summed E-state index contributed by atoms with van der Waals surface area (Å²) in [7, 11) is -3.76. The number of aromatic nitrogens is 1. The lowest BCUT2D eigenvalue weighted by Crippen LogP contribution is -2.17. The van der Waals surface area contributed by atoms with Crippen LogP contribution in [0.25, 0.3) is 10.6 Å². The number of primary sulfonamides is 1. The maximum absolute atomic E-state index is 12.9. The third-order valence-electron chi connectivity index (χ3n) is 4.79. The summed E-state index contributed by atoms with van der Waals surface area (Å²) < 4.78 is 55.7. The molecule has 4 aromatic rings. The molecule has 0 aliphatic heterocycles. The number of alkyl halides is 3. The van der Waals surface area contributed by atoms with Gasteiger partial charge in [0, 0.05) is 23.5 Å². The van der Waals surface area contributed by atoms with Crippen molar-refractivity contribution in [3.05, 3.63) is 80.7 Å². The molecule has 2 N–H and O–H groups in total. The summed E-state index contributed by atoms with van der Waals surface area (Å²) in [5, 5.41) is 7.14. The Bertz CT molecular complexity index is 1500. The fourth-order valence-corrected chi connectivity index (χ4v) is 5.90. The largest absolute Gasteiger partial charge is 0.487 e. The Morgan fingerprint density at radius 3 is 2.28 bits per heavy atom. The molecule has 36 heavy (non-hydrogen) atoms. The van der Waals surface area contributed by atoms with Crippen LogP contribution in [0.3, 0.4) is 0 Å². The average Bonchev–Trinajstić information content (AvgIpc) is 3.38. The highest BCUT2D eigenvalue weighted by atomic mass is 79.9. The minimum absolute atomic E-state index is 0. The zero-order valence-corrected chi connectivity index (χ0v) is 23.8. The second-order valence-electron chi connectivity index (χ2n) is 7.25. The molecule has 192 valence electrons. The van der Waals surface area contributed by atoms with Crippen molar-refractivity contribution in [2.75, 3.05) is 0 Å². The number of ether oxygens (including phenoxy) is 1. The molecule has 0 saturated carbocycles. The van der Waals surface area contributed by atoms with Gasteiger partial charge in [0.25, 0.3) is 0 Å². The van der Waals surface area contributed by atoms with Crippen molar-refractivity contribution in [1.82, 2.24) is 4.57 Å². The van der Waals surface area contributed by atoms with E-state index in [4.69, 9.17) is 28.3 Å². The fourth-order valence-electron chi connectivity index (χ4n) is 3.20. The third-order valence-corrected chi connectivity index (χ3v) is 7.92. The van der Waals surface area contributed by atoms with E-state index >= 15 is 0 Å². The van der Waals surface area contributed by atoms with Crippen molar-refractivity contribution in [2.24, 2.45) is 10.1 Å². The summed E-state index contributed by atoms with van der Waals surface area (Å²) in [6, 6.07) is 16.0. The van der Waals surface area contributed by atoms with Crippen LogP contribution in [-0.2, 0) is 23.0 Å². The summed E-state index contributed by atoms with van der Waals surface area (Å²) in [4.78, 5) is 6.37. The summed E-state index contributed by atoms with van der Waals surface area (Å²) in [5.74, 6) is -0.0835. The molecule has 14 heteroatoms. The molecular formula is C22H18BrCl2F2N3O3S3. The first-order chi connectivity index (χ1) is 16.5. The predicted molar refractivity (Wildman–Crippen MR) is 146 cm³/mol. The van der Waals surface area contributed by atoms with Gasteiger partial charge in [-0.2, -0.15) is 0 Å². The van der Waals surface area contributed by atoms with Crippen molar-refractivity contribution >= 4 is 78.6 Å². The molecule has 4 rings (SSSR count). The van der Waals surface area contributed by atoms with Gasteiger partial charge in [-0.05, 0) is 60.5 Å². The summed E-state index contributed by atoms with van der Waals surface area (Å²) in [5.41, 5.74) is -1.41. The van der Waals surface area contributed by atoms with Crippen LogP contribution in [0, 0.1) is 0 Å². The second kappa shape index (κ2) is 11.7. The highest BCUT2D eigenvalue weighted by Crippen LogP contribution is 2.32. The van der Waals surface area contributed by atoms with E-state index in [1.807, 2.05) is 22.1 Å². The van der Waals surface area contributed by atoms with E-state index in [-0.39, 0.29) is 27.6 Å². The van der Waals surface area contributed by atoms with Crippen LogP contribution in [0.15, 0.2) is 75.9 Å².